The zero-order valence-electron chi connectivity index (χ0n) is 26.9. The van der Waals surface area contributed by atoms with Gasteiger partial charge >= 0.3 is 18.4 Å². The van der Waals surface area contributed by atoms with Crippen LogP contribution in [0.5, 0.6) is 0 Å². The molecule has 0 radical (unpaired) electrons. The summed E-state index contributed by atoms with van der Waals surface area (Å²) in [5.41, 5.74) is 4.53. The van der Waals surface area contributed by atoms with Crippen molar-refractivity contribution in [3.8, 4) is 0 Å². The second-order valence-electron chi connectivity index (χ2n) is 13.8. The minimum absolute atomic E-state index is 0.0670. The number of likely N-dealkylation sites (tertiary alicyclic amines) is 1. The van der Waals surface area contributed by atoms with Crippen molar-refractivity contribution in [3.63, 3.8) is 0 Å². The Morgan fingerprint density at radius 1 is 1.02 bits per heavy atom. The molecule has 0 saturated carbocycles. The lowest BCUT2D eigenvalue weighted by Gasteiger charge is -2.44. The van der Waals surface area contributed by atoms with E-state index < -0.39 is 47.2 Å². The SMILES string of the molecule is Nc1c(Cl)cc(C[C@@H](OC(=O)N2CCC3(CC2)OC(=O)Nc2ccccc23)C(=O)N2CCN(C3CC4CCC(C3)N4)CC2)cc1C(F)(F)F. The highest BCUT2D eigenvalue weighted by Crippen LogP contribution is 2.44. The molecular formula is C34H40ClF3N6O5. The molecule has 7 rings (SSSR count). The average Bonchev–Trinajstić information content (AvgIpc) is 3.42. The fourth-order valence-electron chi connectivity index (χ4n) is 8.23. The lowest BCUT2D eigenvalue weighted by Crippen LogP contribution is -2.57. The molecule has 264 valence electrons. The van der Waals surface area contributed by atoms with Crippen LogP contribution in [0, 0.1) is 0 Å². The second-order valence-corrected chi connectivity index (χ2v) is 14.2. The smallest absolute Gasteiger partial charge is 0.418 e. The third-order valence-electron chi connectivity index (χ3n) is 10.8. The molecule has 5 heterocycles. The number of piperazine rings is 1. The van der Waals surface area contributed by atoms with Crippen molar-refractivity contribution in [1.29, 1.82) is 0 Å². The zero-order valence-corrected chi connectivity index (χ0v) is 27.7. The van der Waals surface area contributed by atoms with E-state index in [9.17, 15) is 27.6 Å². The molecule has 5 aliphatic heterocycles. The Bertz CT molecular complexity index is 1600. The molecule has 4 saturated heterocycles. The van der Waals surface area contributed by atoms with Gasteiger partial charge < -0.3 is 30.3 Å². The first kappa shape index (κ1) is 33.7. The zero-order chi connectivity index (χ0) is 34.5. The van der Waals surface area contributed by atoms with Crippen LogP contribution in [-0.4, -0.2) is 96.3 Å². The second kappa shape index (κ2) is 13.2. The Kier molecular flexibility index (Phi) is 9.07. The molecule has 2 aromatic rings. The number of rotatable bonds is 5. The van der Waals surface area contributed by atoms with E-state index in [0.717, 1.165) is 24.5 Å². The third kappa shape index (κ3) is 6.87. The highest BCUT2D eigenvalue weighted by Gasteiger charge is 2.46. The van der Waals surface area contributed by atoms with E-state index in [1.54, 1.807) is 11.0 Å². The van der Waals surface area contributed by atoms with Gasteiger partial charge in [-0.05, 0) is 49.4 Å². The maximum Gasteiger partial charge on any atom is 0.418 e. The molecule has 4 N–H and O–H groups in total. The molecule has 3 amide bonds. The number of fused-ring (bicyclic) bond motifs is 4. The summed E-state index contributed by atoms with van der Waals surface area (Å²) in [5.74, 6) is -0.477. The van der Waals surface area contributed by atoms with E-state index in [0.29, 0.717) is 62.8 Å². The summed E-state index contributed by atoms with van der Waals surface area (Å²) in [5, 5.41) is 6.06. The third-order valence-corrected chi connectivity index (χ3v) is 11.1. The van der Waals surface area contributed by atoms with Crippen LogP contribution < -0.4 is 16.4 Å². The van der Waals surface area contributed by atoms with Crippen LogP contribution in [-0.2, 0) is 32.5 Å². The fraction of sp³-hybridized carbons (Fsp3) is 0.559. The van der Waals surface area contributed by atoms with Gasteiger partial charge in [-0.3, -0.25) is 15.0 Å². The molecule has 0 aliphatic carbocycles. The quantitative estimate of drug-likeness (QED) is 0.373. The minimum Gasteiger partial charge on any atom is -0.438 e. The van der Waals surface area contributed by atoms with Gasteiger partial charge in [0.05, 0.1) is 22.0 Å². The number of anilines is 2. The number of para-hydroxylation sites is 1. The highest BCUT2D eigenvalue weighted by molar-refractivity contribution is 6.33. The molecular weight excluding hydrogens is 665 g/mol. The van der Waals surface area contributed by atoms with Crippen molar-refractivity contribution < 1.29 is 37.0 Å². The first-order valence-corrected chi connectivity index (χ1v) is 17.3. The fourth-order valence-corrected chi connectivity index (χ4v) is 8.47. The number of nitrogens with zero attached hydrogens (tertiary/aromatic N) is 3. The van der Waals surface area contributed by atoms with E-state index in [1.165, 1.54) is 23.8 Å². The molecule has 3 atom stereocenters. The summed E-state index contributed by atoms with van der Waals surface area (Å²) in [6, 6.07) is 11.0. The standard InChI is InChI=1S/C34H40ClF3N6O5/c35-26-16-20(15-25(29(26)39)34(36,37)38)17-28(30(45)43-13-11-42(12-14-43)23-18-21-5-6-22(19-23)40-21)48-32(47)44-9-7-33(8-10-44)24-3-1-2-4-27(24)41-31(46)49-33/h1-4,15-16,21-23,28,40H,5-14,17-19,39H2,(H,41,46)/t21?,22?,23?,28-/m1/s1. The van der Waals surface area contributed by atoms with Crippen LogP contribution in [0.2, 0.25) is 5.02 Å². The topological polar surface area (TPSA) is 129 Å². The van der Waals surface area contributed by atoms with Crippen molar-refractivity contribution in [1.82, 2.24) is 20.0 Å². The van der Waals surface area contributed by atoms with E-state index in [-0.39, 0.29) is 30.1 Å². The number of carbonyl (C=O) groups excluding carboxylic acids is 3. The van der Waals surface area contributed by atoms with Gasteiger partial charge in [0.25, 0.3) is 5.91 Å². The van der Waals surface area contributed by atoms with Crippen LogP contribution in [0.25, 0.3) is 0 Å². The van der Waals surface area contributed by atoms with Crippen LogP contribution in [0.3, 0.4) is 0 Å². The average molecular weight is 705 g/mol. The first-order valence-electron chi connectivity index (χ1n) is 16.9. The summed E-state index contributed by atoms with van der Waals surface area (Å²) in [6.07, 6.45) is -2.73. The van der Waals surface area contributed by atoms with Gasteiger partial charge in [0.1, 0.15) is 5.60 Å². The number of carbonyl (C=O) groups is 3. The maximum atomic E-state index is 14.0. The molecule has 2 bridgehead atoms. The van der Waals surface area contributed by atoms with E-state index in [2.05, 4.69) is 15.5 Å². The lowest BCUT2D eigenvalue weighted by atomic mass is 9.82. The van der Waals surface area contributed by atoms with Gasteiger partial charge in [-0.2, -0.15) is 13.2 Å². The molecule has 15 heteroatoms. The number of nitrogen functional groups attached to an aromatic ring is 1. The Morgan fingerprint density at radius 2 is 1.69 bits per heavy atom. The minimum atomic E-state index is -4.77. The van der Waals surface area contributed by atoms with Crippen molar-refractivity contribution >= 4 is 41.1 Å². The van der Waals surface area contributed by atoms with Crippen LogP contribution in [0.15, 0.2) is 36.4 Å². The molecule has 11 nitrogen and oxygen atoms in total. The van der Waals surface area contributed by atoms with E-state index in [4.69, 9.17) is 26.8 Å². The van der Waals surface area contributed by atoms with Crippen molar-refractivity contribution in [3.05, 3.63) is 58.1 Å². The Labute approximate surface area is 287 Å². The predicted molar refractivity (Wildman–Crippen MR) is 175 cm³/mol. The van der Waals surface area contributed by atoms with Crippen LogP contribution >= 0.6 is 11.6 Å². The first-order chi connectivity index (χ1) is 23.4. The number of nitrogens with one attached hydrogen (secondary N) is 2. The maximum absolute atomic E-state index is 14.0. The number of nitrogens with two attached hydrogens (primary N) is 1. The van der Waals surface area contributed by atoms with Gasteiger partial charge in [-0.15, -0.1) is 0 Å². The number of alkyl halides is 3. The monoisotopic (exact) mass is 704 g/mol. The van der Waals surface area contributed by atoms with Gasteiger partial charge in [0.15, 0.2) is 6.10 Å². The van der Waals surface area contributed by atoms with E-state index >= 15 is 0 Å². The lowest BCUT2D eigenvalue weighted by molar-refractivity contribution is -0.143. The summed E-state index contributed by atoms with van der Waals surface area (Å²) >= 11 is 6.11. The van der Waals surface area contributed by atoms with Crippen LogP contribution in [0.1, 0.15) is 55.2 Å². The Hall–Kier alpha value is -3.75. The molecule has 2 aromatic carbocycles. The summed E-state index contributed by atoms with van der Waals surface area (Å²) in [4.78, 5) is 45.5. The highest BCUT2D eigenvalue weighted by atomic mass is 35.5. The molecule has 0 aromatic heterocycles. The van der Waals surface area contributed by atoms with Gasteiger partial charge in [0.2, 0.25) is 0 Å². The predicted octanol–water partition coefficient (Wildman–Crippen LogP) is 4.97. The van der Waals surface area contributed by atoms with E-state index in [1.807, 2.05) is 18.2 Å². The number of benzene rings is 2. The van der Waals surface area contributed by atoms with Crippen LogP contribution in [0.4, 0.5) is 34.1 Å². The number of ether oxygens (including phenoxy) is 2. The number of amides is 3. The summed E-state index contributed by atoms with van der Waals surface area (Å²) < 4.78 is 53.0. The van der Waals surface area contributed by atoms with Crippen molar-refractivity contribution in [2.24, 2.45) is 0 Å². The number of hydrogen-bond acceptors (Lipinski definition) is 8. The van der Waals surface area contributed by atoms with Gasteiger partial charge in [0, 0.05) is 82.2 Å². The van der Waals surface area contributed by atoms with Gasteiger partial charge in [-0.25, -0.2) is 9.59 Å². The molecule has 5 aliphatic rings. The molecule has 4 fully saturated rings. The molecule has 49 heavy (non-hydrogen) atoms. The molecule has 2 unspecified atom stereocenters. The van der Waals surface area contributed by atoms with Gasteiger partial charge in [-0.1, -0.05) is 29.8 Å². The van der Waals surface area contributed by atoms with Crippen molar-refractivity contribution in [2.45, 2.75) is 81.0 Å². The number of halogens is 4. The normalized spacial score (nSPS) is 25.7. The summed E-state index contributed by atoms with van der Waals surface area (Å²) in [7, 11) is 0. The Balaban J connectivity index is 1.06. The largest absolute Gasteiger partial charge is 0.438 e. The van der Waals surface area contributed by atoms with Crippen molar-refractivity contribution in [2.75, 3.05) is 50.3 Å². The number of piperidine rings is 2. The summed E-state index contributed by atoms with van der Waals surface area (Å²) in [6.45, 7) is 2.48. The molecule has 1 spiro atoms. The number of hydrogen-bond donors (Lipinski definition) is 3. The Morgan fingerprint density at radius 3 is 2.37 bits per heavy atom.